The van der Waals surface area contributed by atoms with Gasteiger partial charge in [0.2, 0.25) is 0 Å². The molecule has 0 aliphatic carbocycles. The Morgan fingerprint density at radius 2 is 1.74 bits per heavy atom. The van der Waals surface area contributed by atoms with Gasteiger partial charge < -0.3 is 20.6 Å². The number of phenols is 2. The van der Waals surface area contributed by atoms with Gasteiger partial charge in [-0.2, -0.15) is 0 Å². The predicted octanol–water partition coefficient (Wildman–Crippen LogP) is 1.84. The monoisotopic (exact) mass is 259 g/mol. The number of para-hydroxylation sites is 1. The van der Waals surface area contributed by atoms with E-state index in [9.17, 15) is 15.0 Å². The Morgan fingerprint density at radius 1 is 1.05 bits per heavy atom. The van der Waals surface area contributed by atoms with Crippen molar-refractivity contribution in [1.29, 1.82) is 0 Å². The number of nitrogens with one attached hydrogen (secondary N) is 1. The van der Waals surface area contributed by atoms with Crippen LogP contribution in [0, 0.1) is 0 Å². The maximum Gasteiger partial charge on any atom is 0.259 e. The van der Waals surface area contributed by atoms with Crippen LogP contribution < -0.4 is 5.32 Å². The van der Waals surface area contributed by atoms with Crippen molar-refractivity contribution in [2.75, 3.05) is 5.32 Å². The lowest BCUT2D eigenvalue weighted by molar-refractivity contribution is 0.102. The highest BCUT2D eigenvalue weighted by Crippen LogP contribution is 2.28. The summed E-state index contributed by atoms with van der Waals surface area (Å²) >= 11 is 0. The molecular weight excluding hydrogens is 246 g/mol. The van der Waals surface area contributed by atoms with Gasteiger partial charge in [-0.25, -0.2) is 0 Å². The molecule has 0 radical (unpaired) electrons. The van der Waals surface area contributed by atoms with E-state index in [1.165, 1.54) is 18.2 Å². The number of carbonyl (C=O) groups is 1. The summed E-state index contributed by atoms with van der Waals surface area (Å²) in [5, 5.41) is 30.4. The van der Waals surface area contributed by atoms with Crippen molar-refractivity contribution in [2.24, 2.45) is 0 Å². The first-order valence-electron chi connectivity index (χ1n) is 5.64. The largest absolute Gasteiger partial charge is 0.504 e. The fraction of sp³-hybridized carbons (Fsp3) is 0.0714. The summed E-state index contributed by atoms with van der Waals surface area (Å²) in [5.74, 6) is -1.32. The number of amides is 1. The predicted molar refractivity (Wildman–Crippen MR) is 70.1 cm³/mol. The SMILES string of the molecule is O=C(Nc1ccc(CO)cc1)c1cccc(O)c1O. The molecule has 0 unspecified atom stereocenters. The van der Waals surface area contributed by atoms with Crippen LogP contribution in [0.1, 0.15) is 15.9 Å². The molecule has 19 heavy (non-hydrogen) atoms. The van der Waals surface area contributed by atoms with Gasteiger partial charge in [-0.3, -0.25) is 4.79 Å². The molecule has 0 spiro atoms. The van der Waals surface area contributed by atoms with Crippen molar-refractivity contribution >= 4 is 11.6 Å². The van der Waals surface area contributed by atoms with Gasteiger partial charge in [0.05, 0.1) is 12.2 Å². The van der Waals surface area contributed by atoms with Gasteiger partial charge in [0.25, 0.3) is 5.91 Å². The number of aromatic hydroxyl groups is 2. The fourth-order valence-corrected chi connectivity index (χ4v) is 1.61. The van der Waals surface area contributed by atoms with Crippen molar-refractivity contribution in [3.8, 4) is 11.5 Å². The molecule has 98 valence electrons. The Morgan fingerprint density at radius 3 is 2.37 bits per heavy atom. The summed E-state index contributed by atoms with van der Waals surface area (Å²) in [6, 6.07) is 10.8. The number of hydrogen-bond donors (Lipinski definition) is 4. The summed E-state index contributed by atoms with van der Waals surface area (Å²) in [7, 11) is 0. The van der Waals surface area contributed by atoms with Gasteiger partial charge in [-0.15, -0.1) is 0 Å². The first-order valence-corrected chi connectivity index (χ1v) is 5.64. The highest BCUT2D eigenvalue weighted by molar-refractivity contribution is 6.06. The lowest BCUT2D eigenvalue weighted by Crippen LogP contribution is -2.12. The van der Waals surface area contributed by atoms with Gasteiger partial charge in [-0.1, -0.05) is 18.2 Å². The third-order valence-corrected chi connectivity index (χ3v) is 2.65. The van der Waals surface area contributed by atoms with Gasteiger partial charge in [-0.05, 0) is 29.8 Å². The molecule has 2 aromatic rings. The summed E-state index contributed by atoms with van der Waals surface area (Å²) in [6.07, 6.45) is 0. The molecule has 0 atom stereocenters. The lowest BCUT2D eigenvalue weighted by Gasteiger charge is -2.08. The molecule has 5 nitrogen and oxygen atoms in total. The van der Waals surface area contributed by atoms with Crippen LogP contribution in [0.15, 0.2) is 42.5 Å². The molecule has 4 N–H and O–H groups in total. The maximum atomic E-state index is 11.9. The van der Waals surface area contributed by atoms with E-state index in [0.717, 1.165) is 5.56 Å². The summed E-state index contributed by atoms with van der Waals surface area (Å²) in [4.78, 5) is 11.9. The number of carbonyl (C=O) groups excluding carboxylic acids is 1. The van der Waals surface area contributed by atoms with Crippen molar-refractivity contribution in [3.05, 3.63) is 53.6 Å². The molecule has 0 aromatic heterocycles. The molecule has 0 heterocycles. The number of aliphatic hydroxyl groups is 1. The van der Waals surface area contributed by atoms with E-state index in [0.29, 0.717) is 5.69 Å². The highest BCUT2D eigenvalue weighted by Gasteiger charge is 2.13. The molecule has 0 saturated heterocycles. The van der Waals surface area contributed by atoms with Gasteiger partial charge >= 0.3 is 0 Å². The summed E-state index contributed by atoms with van der Waals surface area (Å²) in [6.45, 7) is -0.0679. The molecule has 5 heteroatoms. The molecule has 2 aromatic carbocycles. The number of rotatable bonds is 3. The number of phenolic OH excluding ortho intramolecular Hbond substituents is 2. The summed E-state index contributed by atoms with van der Waals surface area (Å²) in [5.41, 5.74) is 1.26. The zero-order valence-electron chi connectivity index (χ0n) is 10.00. The second kappa shape index (κ2) is 5.41. The Kier molecular flexibility index (Phi) is 3.68. The van der Waals surface area contributed by atoms with E-state index in [4.69, 9.17) is 5.11 Å². The van der Waals surface area contributed by atoms with Gasteiger partial charge in [0.15, 0.2) is 11.5 Å². The molecule has 0 aliphatic rings. The molecule has 0 aliphatic heterocycles. The normalized spacial score (nSPS) is 10.2. The maximum absolute atomic E-state index is 11.9. The minimum Gasteiger partial charge on any atom is -0.504 e. The zero-order valence-corrected chi connectivity index (χ0v) is 10.00. The van der Waals surface area contributed by atoms with E-state index in [-0.39, 0.29) is 17.9 Å². The molecular formula is C14H13NO4. The number of aliphatic hydroxyl groups excluding tert-OH is 1. The summed E-state index contributed by atoms with van der Waals surface area (Å²) < 4.78 is 0. The van der Waals surface area contributed by atoms with Crippen LogP contribution in [0.4, 0.5) is 5.69 Å². The van der Waals surface area contributed by atoms with Gasteiger partial charge in [0, 0.05) is 5.69 Å². The average Bonchev–Trinajstić information content (AvgIpc) is 2.42. The fourth-order valence-electron chi connectivity index (χ4n) is 1.61. The third-order valence-electron chi connectivity index (χ3n) is 2.65. The molecule has 2 rings (SSSR count). The van der Waals surface area contributed by atoms with Crippen molar-refractivity contribution in [1.82, 2.24) is 0 Å². The standard InChI is InChI=1S/C14H13NO4/c16-8-9-4-6-10(7-5-9)15-14(19)11-2-1-3-12(17)13(11)18/h1-7,16-18H,8H2,(H,15,19). The van der Waals surface area contributed by atoms with Crippen LogP contribution in [0.2, 0.25) is 0 Å². The van der Waals surface area contributed by atoms with Crippen LogP contribution in [0.25, 0.3) is 0 Å². The van der Waals surface area contributed by atoms with E-state index >= 15 is 0 Å². The quantitative estimate of drug-likeness (QED) is 0.633. The number of benzene rings is 2. The Hall–Kier alpha value is -2.53. The number of anilines is 1. The second-order valence-corrected chi connectivity index (χ2v) is 3.98. The number of hydrogen-bond acceptors (Lipinski definition) is 4. The third kappa shape index (κ3) is 2.83. The smallest absolute Gasteiger partial charge is 0.259 e. The zero-order chi connectivity index (χ0) is 13.8. The van der Waals surface area contributed by atoms with Crippen molar-refractivity contribution in [3.63, 3.8) is 0 Å². The average molecular weight is 259 g/mol. The van der Waals surface area contributed by atoms with Crippen LogP contribution in [0.5, 0.6) is 11.5 Å². The topological polar surface area (TPSA) is 89.8 Å². The molecule has 1 amide bonds. The lowest BCUT2D eigenvalue weighted by atomic mass is 10.1. The first-order chi connectivity index (χ1) is 9.11. The van der Waals surface area contributed by atoms with Crippen LogP contribution in [0.3, 0.4) is 0 Å². The van der Waals surface area contributed by atoms with Crippen LogP contribution >= 0.6 is 0 Å². The van der Waals surface area contributed by atoms with E-state index in [2.05, 4.69) is 5.32 Å². The molecule has 0 bridgehead atoms. The highest BCUT2D eigenvalue weighted by atomic mass is 16.3. The van der Waals surface area contributed by atoms with Crippen molar-refractivity contribution in [2.45, 2.75) is 6.61 Å². The Labute approximate surface area is 109 Å². The first kappa shape index (κ1) is 12.9. The van der Waals surface area contributed by atoms with E-state index < -0.39 is 11.7 Å². The van der Waals surface area contributed by atoms with Crippen LogP contribution in [-0.2, 0) is 6.61 Å². The van der Waals surface area contributed by atoms with E-state index in [1.54, 1.807) is 24.3 Å². The Bertz CT molecular complexity index is 593. The van der Waals surface area contributed by atoms with Crippen molar-refractivity contribution < 1.29 is 20.1 Å². The Balaban J connectivity index is 2.18. The van der Waals surface area contributed by atoms with Crippen LogP contribution in [-0.4, -0.2) is 21.2 Å². The molecule has 0 fully saturated rings. The van der Waals surface area contributed by atoms with Gasteiger partial charge in [0.1, 0.15) is 0 Å². The second-order valence-electron chi connectivity index (χ2n) is 3.98. The minimum atomic E-state index is -0.523. The minimum absolute atomic E-state index is 0.00812. The van der Waals surface area contributed by atoms with E-state index in [1.807, 2.05) is 0 Å². The molecule has 0 saturated carbocycles.